The van der Waals surface area contributed by atoms with Crippen molar-refractivity contribution < 1.29 is 14.3 Å². The van der Waals surface area contributed by atoms with E-state index in [1.165, 1.54) is 14.2 Å². The zero-order valence-electron chi connectivity index (χ0n) is 10.2. The number of ketones is 1. The quantitative estimate of drug-likeness (QED) is 0.782. The number of carbonyl (C=O) groups excluding carboxylic acids is 1. The van der Waals surface area contributed by atoms with Crippen LogP contribution in [0.25, 0.3) is 0 Å². The zero-order valence-corrected chi connectivity index (χ0v) is 10.2. The summed E-state index contributed by atoms with van der Waals surface area (Å²) in [7, 11) is 3.05. The van der Waals surface area contributed by atoms with Gasteiger partial charge in [-0.25, -0.2) is 0 Å². The Hall–Kier alpha value is -2.02. The Morgan fingerprint density at radius 3 is 2.59 bits per heavy atom. The van der Waals surface area contributed by atoms with Crippen molar-refractivity contribution in [1.82, 2.24) is 0 Å². The smallest absolute Gasteiger partial charge is 0.154 e. The fourth-order valence-electron chi connectivity index (χ4n) is 1.58. The first kappa shape index (κ1) is 13.0. The third kappa shape index (κ3) is 2.76. The Bertz CT molecular complexity index is 448. The molecule has 0 heterocycles. The minimum Gasteiger partial charge on any atom is -0.497 e. The summed E-state index contributed by atoms with van der Waals surface area (Å²) in [6, 6.07) is 7.10. The van der Waals surface area contributed by atoms with Crippen LogP contribution in [0.5, 0.6) is 11.5 Å². The van der Waals surface area contributed by atoms with Crippen LogP contribution in [0.4, 0.5) is 0 Å². The first-order valence-electron chi connectivity index (χ1n) is 5.32. The molecule has 1 aromatic rings. The highest BCUT2D eigenvalue weighted by atomic mass is 16.5. The van der Waals surface area contributed by atoms with Crippen molar-refractivity contribution in [2.45, 2.75) is 19.3 Å². The number of methoxy groups -OCH3 is 2. The predicted molar refractivity (Wildman–Crippen MR) is 63.2 cm³/mol. The number of hydrogen-bond acceptors (Lipinski definition) is 4. The van der Waals surface area contributed by atoms with Gasteiger partial charge in [-0.2, -0.15) is 5.26 Å². The highest BCUT2D eigenvalue weighted by Gasteiger charge is 2.22. The largest absolute Gasteiger partial charge is 0.497 e. The first-order valence-corrected chi connectivity index (χ1v) is 5.32. The van der Waals surface area contributed by atoms with Crippen LogP contribution in [0.15, 0.2) is 18.2 Å². The maximum Gasteiger partial charge on any atom is 0.154 e. The molecule has 0 saturated carbocycles. The maximum atomic E-state index is 11.7. The maximum absolute atomic E-state index is 11.7. The lowest BCUT2D eigenvalue weighted by Crippen LogP contribution is -2.10. The average Bonchev–Trinajstić information content (AvgIpc) is 2.39. The second-order valence-corrected chi connectivity index (χ2v) is 3.49. The van der Waals surface area contributed by atoms with E-state index in [0.717, 1.165) is 0 Å². The standard InChI is InChI=1S/C13H15NO3/c1-4-12(15)11(8-14)10-7-9(16-2)5-6-13(10)17-3/h5-7,11H,4H2,1-3H3. The molecule has 4 heteroatoms. The molecule has 1 atom stereocenters. The van der Waals surface area contributed by atoms with E-state index in [1.807, 2.05) is 6.07 Å². The van der Waals surface area contributed by atoms with Gasteiger partial charge in [0.15, 0.2) is 5.78 Å². The van der Waals surface area contributed by atoms with Gasteiger partial charge in [0.1, 0.15) is 17.4 Å². The summed E-state index contributed by atoms with van der Waals surface area (Å²) in [5.41, 5.74) is 0.557. The summed E-state index contributed by atoms with van der Waals surface area (Å²) < 4.78 is 10.2. The van der Waals surface area contributed by atoms with E-state index in [-0.39, 0.29) is 5.78 Å². The molecule has 0 aliphatic rings. The molecule has 90 valence electrons. The highest BCUT2D eigenvalue weighted by molar-refractivity contribution is 5.89. The van der Waals surface area contributed by atoms with Crippen molar-refractivity contribution in [3.63, 3.8) is 0 Å². The van der Waals surface area contributed by atoms with Crippen LogP contribution in [-0.4, -0.2) is 20.0 Å². The van der Waals surface area contributed by atoms with Gasteiger partial charge in [-0.15, -0.1) is 0 Å². The number of hydrogen-bond donors (Lipinski definition) is 0. The number of benzene rings is 1. The van der Waals surface area contributed by atoms with Gasteiger partial charge in [-0.3, -0.25) is 4.79 Å². The Morgan fingerprint density at radius 1 is 1.41 bits per heavy atom. The lowest BCUT2D eigenvalue weighted by Gasteiger charge is -2.13. The molecular weight excluding hydrogens is 218 g/mol. The minimum atomic E-state index is -0.801. The number of Topliss-reactive ketones (excluding diaryl/α,β-unsaturated/α-hetero) is 1. The topological polar surface area (TPSA) is 59.3 Å². The summed E-state index contributed by atoms with van der Waals surface area (Å²) in [6.07, 6.45) is 0.318. The minimum absolute atomic E-state index is 0.126. The van der Waals surface area contributed by atoms with Crippen molar-refractivity contribution in [3.8, 4) is 17.6 Å². The van der Waals surface area contributed by atoms with E-state index in [1.54, 1.807) is 25.1 Å². The molecule has 1 rings (SSSR count). The summed E-state index contributed by atoms with van der Waals surface area (Å²) in [4.78, 5) is 11.7. The number of carbonyl (C=O) groups is 1. The summed E-state index contributed by atoms with van der Waals surface area (Å²) in [6.45, 7) is 1.74. The van der Waals surface area contributed by atoms with Crippen molar-refractivity contribution >= 4 is 5.78 Å². The molecule has 0 fully saturated rings. The van der Waals surface area contributed by atoms with Gasteiger partial charge in [0.2, 0.25) is 0 Å². The van der Waals surface area contributed by atoms with Crippen LogP contribution in [0, 0.1) is 11.3 Å². The Balaban J connectivity index is 3.25. The van der Waals surface area contributed by atoms with Crippen LogP contribution < -0.4 is 9.47 Å². The highest BCUT2D eigenvalue weighted by Crippen LogP contribution is 2.31. The monoisotopic (exact) mass is 233 g/mol. The molecule has 0 aliphatic carbocycles. The van der Waals surface area contributed by atoms with Crippen LogP contribution >= 0.6 is 0 Å². The van der Waals surface area contributed by atoms with Gasteiger partial charge in [0.25, 0.3) is 0 Å². The van der Waals surface area contributed by atoms with Gasteiger partial charge in [-0.1, -0.05) is 6.92 Å². The molecule has 17 heavy (non-hydrogen) atoms. The Kier molecular flexibility index (Phi) is 4.53. The summed E-state index contributed by atoms with van der Waals surface area (Å²) in [5, 5.41) is 9.10. The van der Waals surface area contributed by atoms with Gasteiger partial charge in [-0.05, 0) is 18.2 Å². The van der Waals surface area contributed by atoms with E-state index in [9.17, 15) is 4.79 Å². The fourth-order valence-corrected chi connectivity index (χ4v) is 1.58. The van der Waals surface area contributed by atoms with Gasteiger partial charge in [0.05, 0.1) is 20.3 Å². The number of nitrogens with zero attached hydrogens (tertiary/aromatic N) is 1. The molecule has 0 spiro atoms. The SMILES string of the molecule is CCC(=O)C(C#N)c1cc(OC)ccc1OC. The molecule has 0 aliphatic heterocycles. The molecule has 0 amide bonds. The Morgan fingerprint density at radius 2 is 2.12 bits per heavy atom. The van der Waals surface area contributed by atoms with Crippen LogP contribution in [0.1, 0.15) is 24.8 Å². The molecule has 0 saturated heterocycles. The summed E-state index contributed by atoms with van der Waals surface area (Å²) >= 11 is 0. The lowest BCUT2D eigenvalue weighted by molar-refractivity contribution is -0.119. The molecule has 0 radical (unpaired) electrons. The lowest BCUT2D eigenvalue weighted by atomic mass is 9.93. The number of rotatable bonds is 5. The van der Waals surface area contributed by atoms with Gasteiger partial charge in [0, 0.05) is 12.0 Å². The molecule has 1 unspecified atom stereocenters. The molecule has 1 aromatic carbocycles. The molecule has 0 bridgehead atoms. The van der Waals surface area contributed by atoms with Crippen LogP contribution in [0.3, 0.4) is 0 Å². The van der Waals surface area contributed by atoms with E-state index >= 15 is 0 Å². The van der Waals surface area contributed by atoms with Gasteiger partial charge < -0.3 is 9.47 Å². The van der Waals surface area contributed by atoms with Gasteiger partial charge >= 0.3 is 0 Å². The van der Waals surface area contributed by atoms with E-state index in [0.29, 0.717) is 23.5 Å². The second kappa shape index (κ2) is 5.90. The van der Waals surface area contributed by atoms with E-state index in [2.05, 4.69) is 0 Å². The van der Waals surface area contributed by atoms with E-state index < -0.39 is 5.92 Å². The second-order valence-electron chi connectivity index (χ2n) is 3.49. The molecule has 4 nitrogen and oxygen atoms in total. The normalized spacial score (nSPS) is 11.4. The van der Waals surface area contributed by atoms with Crippen LogP contribution in [-0.2, 0) is 4.79 Å². The van der Waals surface area contributed by atoms with E-state index in [4.69, 9.17) is 14.7 Å². The van der Waals surface area contributed by atoms with Crippen LogP contribution in [0.2, 0.25) is 0 Å². The Labute approximate surface area is 101 Å². The zero-order chi connectivity index (χ0) is 12.8. The summed E-state index contributed by atoms with van der Waals surface area (Å²) in [5.74, 6) is 0.202. The molecule has 0 N–H and O–H groups in total. The third-order valence-corrected chi connectivity index (χ3v) is 2.55. The van der Waals surface area contributed by atoms with Crippen molar-refractivity contribution in [2.24, 2.45) is 0 Å². The first-order chi connectivity index (χ1) is 8.17. The number of ether oxygens (including phenoxy) is 2. The van der Waals surface area contributed by atoms with Crippen molar-refractivity contribution in [1.29, 1.82) is 5.26 Å². The average molecular weight is 233 g/mol. The molecule has 0 aromatic heterocycles. The van der Waals surface area contributed by atoms with Crippen molar-refractivity contribution in [3.05, 3.63) is 23.8 Å². The third-order valence-electron chi connectivity index (χ3n) is 2.55. The van der Waals surface area contributed by atoms with Crippen molar-refractivity contribution in [2.75, 3.05) is 14.2 Å². The fraction of sp³-hybridized carbons (Fsp3) is 0.385. The predicted octanol–water partition coefficient (Wildman–Crippen LogP) is 2.29. The number of nitriles is 1. The molecular formula is C13H15NO3.